The van der Waals surface area contributed by atoms with Gasteiger partial charge >= 0.3 is 0 Å². The highest BCUT2D eigenvalue weighted by Crippen LogP contribution is 2.45. The van der Waals surface area contributed by atoms with Gasteiger partial charge in [-0.25, -0.2) is 9.97 Å². The monoisotopic (exact) mass is 708 g/mol. The van der Waals surface area contributed by atoms with E-state index in [1.807, 2.05) is 0 Å². The summed E-state index contributed by atoms with van der Waals surface area (Å²) < 4.78 is 2.07. The maximum atomic E-state index is 5.45. The smallest absolute Gasteiger partial charge is 0.109 e. The number of benzene rings is 4. The maximum absolute atomic E-state index is 5.45. The Morgan fingerprint density at radius 1 is 0.442 bits per heavy atom. The van der Waals surface area contributed by atoms with E-state index in [1.165, 1.54) is 11.1 Å². The van der Waals surface area contributed by atoms with Gasteiger partial charge in [0, 0.05) is 20.1 Å². The molecule has 0 saturated carbocycles. The third kappa shape index (κ3) is 6.13. The Bertz CT molecular complexity index is 1770. The van der Waals surface area contributed by atoms with Gasteiger partial charge in [0.25, 0.3) is 0 Å². The molecule has 6 aromatic rings. The van der Waals surface area contributed by atoms with Crippen molar-refractivity contribution in [1.82, 2.24) is 9.97 Å². The first-order valence-electron chi connectivity index (χ1n) is 14.5. The molecule has 0 N–H and O–H groups in total. The molecule has 4 aromatic carbocycles. The summed E-state index contributed by atoms with van der Waals surface area (Å²) >= 11 is 8.97. The lowest BCUT2D eigenvalue weighted by molar-refractivity contribution is 0.590. The first kappa shape index (κ1) is 29.9. The van der Waals surface area contributed by atoms with Crippen LogP contribution in [0.2, 0.25) is 0 Å². The van der Waals surface area contributed by atoms with Crippen molar-refractivity contribution in [1.29, 1.82) is 0 Å². The average Bonchev–Trinajstić information content (AvgIpc) is 3.35. The molecule has 0 saturated heterocycles. The normalized spacial score (nSPS) is 12.2. The first-order chi connectivity index (χ1) is 20.4. The number of hydrogen-bond donors (Lipinski definition) is 0. The number of fused-ring (bicyclic) bond motifs is 1. The Balaban J connectivity index is 1.64. The number of halogens is 2. The summed E-state index contributed by atoms with van der Waals surface area (Å²) in [6, 6.07) is 34.6. The van der Waals surface area contributed by atoms with Gasteiger partial charge in [0.05, 0.1) is 21.1 Å². The van der Waals surface area contributed by atoms with Crippen LogP contribution in [0.5, 0.6) is 0 Å². The molecule has 0 unspecified atom stereocenters. The third-order valence-corrected chi connectivity index (χ3v) is 10.1. The van der Waals surface area contributed by atoms with Gasteiger partial charge in [-0.3, -0.25) is 0 Å². The Labute approximate surface area is 275 Å². The van der Waals surface area contributed by atoms with Gasteiger partial charge in [0.2, 0.25) is 0 Å². The molecule has 2 heterocycles. The number of rotatable bonds is 4. The molecule has 2 aromatic heterocycles. The predicted octanol–water partition coefficient (Wildman–Crippen LogP) is 12.5. The van der Waals surface area contributed by atoms with Gasteiger partial charge in [0.15, 0.2) is 0 Å². The summed E-state index contributed by atoms with van der Waals surface area (Å²) in [5, 5.41) is 0. The van der Waals surface area contributed by atoms with Crippen molar-refractivity contribution < 1.29 is 0 Å². The highest BCUT2D eigenvalue weighted by molar-refractivity contribution is 9.10. The van der Waals surface area contributed by atoms with Gasteiger partial charge < -0.3 is 0 Å². The first-order valence-corrected chi connectivity index (χ1v) is 16.9. The summed E-state index contributed by atoms with van der Waals surface area (Å²) in [5.74, 6) is 0. The molecule has 0 radical (unpaired) electrons. The zero-order chi connectivity index (χ0) is 30.5. The molecule has 216 valence electrons. The fourth-order valence-corrected chi connectivity index (χ4v) is 6.92. The van der Waals surface area contributed by atoms with Crippen molar-refractivity contribution in [3.63, 3.8) is 0 Å². The van der Waals surface area contributed by atoms with Crippen LogP contribution in [0.1, 0.15) is 52.7 Å². The van der Waals surface area contributed by atoms with Crippen molar-refractivity contribution in [3.8, 4) is 43.4 Å². The summed E-state index contributed by atoms with van der Waals surface area (Å²) in [4.78, 5) is 13.2. The van der Waals surface area contributed by atoms with Crippen molar-refractivity contribution >= 4 is 54.2 Å². The molecular formula is C38H34Br2N2S. The molecule has 0 aliphatic heterocycles. The second kappa shape index (κ2) is 11.4. The Morgan fingerprint density at radius 3 is 1.05 bits per heavy atom. The number of thiophene rings is 1. The molecule has 0 atom stereocenters. The summed E-state index contributed by atoms with van der Waals surface area (Å²) in [5.41, 5.74) is 10.8. The van der Waals surface area contributed by atoms with Crippen LogP contribution < -0.4 is 0 Å². The maximum Gasteiger partial charge on any atom is 0.109 e. The summed E-state index contributed by atoms with van der Waals surface area (Å²) in [6.45, 7) is 13.5. The number of aromatic nitrogens is 2. The SMILES string of the molecule is CC(C)(C)c1ccc(-c2sc(-c3ccc(C(C)(C)C)cc3)c3nc(-c4ccc(Br)cc4)c(-c4ccc(Br)cc4)nc23)cc1. The zero-order valence-corrected chi connectivity index (χ0v) is 29.3. The van der Waals surface area contributed by atoms with Crippen molar-refractivity contribution in [2.24, 2.45) is 0 Å². The summed E-state index contributed by atoms with van der Waals surface area (Å²) in [7, 11) is 0. The quantitative estimate of drug-likeness (QED) is 0.182. The van der Waals surface area contributed by atoms with Gasteiger partial charge in [-0.2, -0.15) is 0 Å². The fraction of sp³-hybridized carbons (Fsp3) is 0.211. The molecular weight excluding hydrogens is 676 g/mol. The van der Waals surface area contributed by atoms with Crippen LogP contribution in [-0.4, -0.2) is 9.97 Å². The van der Waals surface area contributed by atoms with E-state index in [1.54, 1.807) is 11.3 Å². The van der Waals surface area contributed by atoms with E-state index in [0.29, 0.717) is 0 Å². The minimum atomic E-state index is 0.0874. The van der Waals surface area contributed by atoms with Gasteiger partial charge in [0.1, 0.15) is 11.0 Å². The molecule has 0 aliphatic carbocycles. The second-order valence-corrected chi connectivity index (χ2v) is 15.9. The lowest BCUT2D eigenvalue weighted by Gasteiger charge is -2.19. The number of hydrogen-bond acceptors (Lipinski definition) is 3. The van der Waals surface area contributed by atoms with E-state index in [4.69, 9.17) is 9.97 Å². The molecule has 5 heteroatoms. The standard InChI is InChI=1S/C38H34Br2N2S/c1-37(2,3)27-15-7-25(8-16-27)35-33-34(36(43-35)26-9-17-28(18-10-26)38(4,5)6)42-32(24-13-21-30(40)22-14-24)31(41-33)23-11-19-29(39)20-12-23/h7-22H,1-6H3. The topological polar surface area (TPSA) is 25.8 Å². The van der Waals surface area contributed by atoms with Crippen LogP contribution in [0.3, 0.4) is 0 Å². The van der Waals surface area contributed by atoms with E-state index in [-0.39, 0.29) is 10.8 Å². The average molecular weight is 711 g/mol. The van der Waals surface area contributed by atoms with E-state index in [9.17, 15) is 0 Å². The molecule has 2 nitrogen and oxygen atoms in total. The predicted molar refractivity (Wildman–Crippen MR) is 192 cm³/mol. The van der Waals surface area contributed by atoms with Gasteiger partial charge in [-0.15, -0.1) is 11.3 Å². The van der Waals surface area contributed by atoms with Crippen molar-refractivity contribution in [2.45, 2.75) is 52.4 Å². The largest absolute Gasteiger partial charge is 0.242 e. The van der Waals surface area contributed by atoms with Crippen molar-refractivity contribution in [2.75, 3.05) is 0 Å². The molecule has 0 spiro atoms. The van der Waals surface area contributed by atoms with Crippen LogP contribution >= 0.6 is 43.2 Å². The zero-order valence-electron chi connectivity index (χ0n) is 25.3. The highest BCUT2D eigenvalue weighted by atomic mass is 79.9. The molecule has 0 aliphatic rings. The van der Waals surface area contributed by atoms with Crippen LogP contribution in [0.15, 0.2) is 106 Å². The van der Waals surface area contributed by atoms with E-state index in [2.05, 4.69) is 170 Å². The Kier molecular flexibility index (Phi) is 7.95. The molecule has 0 amide bonds. The van der Waals surface area contributed by atoms with Crippen LogP contribution in [0.4, 0.5) is 0 Å². The number of nitrogens with zero attached hydrogens (tertiary/aromatic N) is 2. The van der Waals surface area contributed by atoms with E-state index in [0.717, 1.165) is 63.4 Å². The Morgan fingerprint density at radius 2 is 0.744 bits per heavy atom. The van der Waals surface area contributed by atoms with E-state index < -0.39 is 0 Å². The highest BCUT2D eigenvalue weighted by Gasteiger charge is 2.23. The lowest BCUT2D eigenvalue weighted by atomic mass is 9.86. The van der Waals surface area contributed by atoms with Gasteiger partial charge in [-0.1, -0.05) is 146 Å². The third-order valence-electron chi connectivity index (χ3n) is 7.79. The minimum Gasteiger partial charge on any atom is -0.242 e. The molecule has 43 heavy (non-hydrogen) atoms. The van der Waals surface area contributed by atoms with Crippen LogP contribution in [0, 0.1) is 0 Å². The minimum absolute atomic E-state index is 0.0874. The molecule has 0 fully saturated rings. The molecule has 6 rings (SSSR count). The second-order valence-electron chi connectivity index (χ2n) is 13.0. The van der Waals surface area contributed by atoms with E-state index >= 15 is 0 Å². The Hall–Kier alpha value is -3.12. The van der Waals surface area contributed by atoms with Gasteiger partial charge in [-0.05, 0) is 57.3 Å². The summed E-state index contributed by atoms with van der Waals surface area (Å²) in [6.07, 6.45) is 0. The lowest BCUT2D eigenvalue weighted by Crippen LogP contribution is -2.10. The molecule has 0 bridgehead atoms. The fourth-order valence-electron chi connectivity index (χ4n) is 5.20. The van der Waals surface area contributed by atoms with Crippen LogP contribution in [-0.2, 0) is 10.8 Å². The van der Waals surface area contributed by atoms with Crippen molar-refractivity contribution in [3.05, 3.63) is 117 Å². The van der Waals surface area contributed by atoms with Crippen LogP contribution in [0.25, 0.3) is 54.4 Å².